The van der Waals surface area contributed by atoms with Crippen molar-refractivity contribution in [3.63, 3.8) is 0 Å². The maximum Gasteiger partial charge on any atom is 0.126 e. The number of ether oxygens (including phenoxy) is 1. The Morgan fingerprint density at radius 1 is 1.40 bits per heavy atom. The third kappa shape index (κ3) is 2.64. The SMILES string of the molecule is CCNCc1c(C)c(Cl)cc(C)c1OC. The van der Waals surface area contributed by atoms with Crippen molar-refractivity contribution in [1.82, 2.24) is 5.32 Å². The van der Waals surface area contributed by atoms with Crippen LogP contribution in [0.15, 0.2) is 6.07 Å². The number of halogens is 1. The minimum absolute atomic E-state index is 0.799. The molecule has 2 nitrogen and oxygen atoms in total. The Bertz CT molecular complexity index is 350. The molecule has 1 aromatic rings. The summed E-state index contributed by atoms with van der Waals surface area (Å²) in [4.78, 5) is 0. The number of hydrogen-bond donors (Lipinski definition) is 1. The van der Waals surface area contributed by atoms with E-state index in [0.717, 1.165) is 40.6 Å². The van der Waals surface area contributed by atoms with Crippen LogP contribution in [0.4, 0.5) is 0 Å². The molecule has 0 radical (unpaired) electrons. The van der Waals surface area contributed by atoms with Crippen LogP contribution < -0.4 is 10.1 Å². The van der Waals surface area contributed by atoms with Crippen molar-refractivity contribution < 1.29 is 4.74 Å². The lowest BCUT2D eigenvalue weighted by atomic mass is 10.0. The van der Waals surface area contributed by atoms with E-state index >= 15 is 0 Å². The van der Waals surface area contributed by atoms with E-state index in [1.54, 1.807) is 7.11 Å². The first-order valence-corrected chi connectivity index (χ1v) is 5.52. The van der Waals surface area contributed by atoms with Crippen LogP contribution in [0.2, 0.25) is 5.02 Å². The third-order valence-electron chi connectivity index (χ3n) is 2.54. The predicted octanol–water partition coefficient (Wildman–Crippen LogP) is 3.07. The lowest BCUT2D eigenvalue weighted by Crippen LogP contribution is -2.14. The van der Waals surface area contributed by atoms with Crippen molar-refractivity contribution in [1.29, 1.82) is 0 Å². The largest absolute Gasteiger partial charge is 0.496 e. The molecule has 0 aromatic heterocycles. The van der Waals surface area contributed by atoms with Gasteiger partial charge in [0.25, 0.3) is 0 Å². The second-order valence-corrected chi connectivity index (χ2v) is 4.00. The van der Waals surface area contributed by atoms with Crippen molar-refractivity contribution in [3.05, 3.63) is 27.8 Å². The maximum absolute atomic E-state index is 6.14. The fraction of sp³-hybridized carbons (Fsp3) is 0.500. The van der Waals surface area contributed by atoms with E-state index in [0.29, 0.717) is 0 Å². The lowest BCUT2D eigenvalue weighted by molar-refractivity contribution is 0.404. The summed E-state index contributed by atoms with van der Waals surface area (Å²) >= 11 is 6.14. The zero-order chi connectivity index (χ0) is 11.4. The summed E-state index contributed by atoms with van der Waals surface area (Å²) in [6.07, 6.45) is 0. The predicted molar refractivity (Wildman–Crippen MR) is 64.9 cm³/mol. The molecule has 84 valence electrons. The molecular formula is C12H18ClNO. The normalized spacial score (nSPS) is 10.5. The van der Waals surface area contributed by atoms with Crippen LogP contribution in [0, 0.1) is 13.8 Å². The number of aryl methyl sites for hydroxylation is 1. The zero-order valence-corrected chi connectivity index (χ0v) is 10.5. The highest BCUT2D eigenvalue weighted by molar-refractivity contribution is 6.31. The van der Waals surface area contributed by atoms with Gasteiger partial charge in [0.2, 0.25) is 0 Å². The van der Waals surface area contributed by atoms with Crippen LogP contribution in [-0.2, 0) is 6.54 Å². The van der Waals surface area contributed by atoms with Crippen LogP contribution in [0.3, 0.4) is 0 Å². The zero-order valence-electron chi connectivity index (χ0n) is 9.78. The first kappa shape index (κ1) is 12.3. The number of benzene rings is 1. The highest BCUT2D eigenvalue weighted by Gasteiger charge is 2.12. The van der Waals surface area contributed by atoms with Crippen molar-refractivity contribution in [2.75, 3.05) is 13.7 Å². The van der Waals surface area contributed by atoms with Gasteiger partial charge in [-0.15, -0.1) is 0 Å². The Hall–Kier alpha value is -0.730. The van der Waals surface area contributed by atoms with E-state index in [9.17, 15) is 0 Å². The molecule has 0 aliphatic heterocycles. The maximum atomic E-state index is 6.14. The Kier molecular flexibility index (Phi) is 4.43. The second kappa shape index (κ2) is 5.38. The van der Waals surface area contributed by atoms with Gasteiger partial charge in [0.05, 0.1) is 7.11 Å². The van der Waals surface area contributed by atoms with Gasteiger partial charge in [-0.25, -0.2) is 0 Å². The Balaban J connectivity index is 3.18. The summed E-state index contributed by atoms with van der Waals surface area (Å²) in [5.41, 5.74) is 3.34. The number of hydrogen-bond acceptors (Lipinski definition) is 2. The Labute approximate surface area is 96.6 Å². The molecule has 1 rings (SSSR count). The van der Waals surface area contributed by atoms with Crippen LogP contribution in [0.1, 0.15) is 23.6 Å². The summed E-state index contributed by atoms with van der Waals surface area (Å²) in [5, 5.41) is 4.10. The average molecular weight is 228 g/mol. The fourth-order valence-electron chi connectivity index (χ4n) is 1.66. The van der Waals surface area contributed by atoms with Crippen LogP contribution >= 0.6 is 11.6 Å². The smallest absolute Gasteiger partial charge is 0.126 e. The summed E-state index contributed by atoms with van der Waals surface area (Å²) in [6.45, 7) is 7.86. The molecule has 0 fully saturated rings. The summed E-state index contributed by atoms with van der Waals surface area (Å²) in [5.74, 6) is 0.942. The Morgan fingerprint density at radius 3 is 2.60 bits per heavy atom. The van der Waals surface area contributed by atoms with Gasteiger partial charge >= 0.3 is 0 Å². The van der Waals surface area contributed by atoms with E-state index in [1.165, 1.54) is 0 Å². The van der Waals surface area contributed by atoms with Gasteiger partial charge in [-0.1, -0.05) is 18.5 Å². The van der Waals surface area contributed by atoms with E-state index in [2.05, 4.69) is 12.2 Å². The standard InChI is InChI=1S/C12H18ClNO/c1-5-14-7-10-9(3)11(13)6-8(2)12(10)15-4/h6,14H,5,7H2,1-4H3. The van der Waals surface area contributed by atoms with Gasteiger partial charge in [0.15, 0.2) is 0 Å². The van der Waals surface area contributed by atoms with Gasteiger partial charge in [0, 0.05) is 17.1 Å². The molecule has 0 amide bonds. The molecule has 0 aliphatic rings. The molecular weight excluding hydrogens is 210 g/mol. The highest BCUT2D eigenvalue weighted by atomic mass is 35.5. The monoisotopic (exact) mass is 227 g/mol. The van der Waals surface area contributed by atoms with Crippen LogP contribution in [0.25, 0.3) is 0 Å². The summed E-state index contributed by atoms with van der Waals surface area (Å²) in [7, 11) is 1.70. The molecule has 0 saturated heterocycles. The van der Waals surface area contributed by atoms with Crippen molar-refractivity contribution in [3.8, 4) is 5.75 Å². The molecule has 0 bridgehead atoms. The molecule has 15 heavy (non-hydrogen) atoms. The molecule has 0 aliphatic carbocycles. The molecule has 0 saturated carbocycles. The van der Waals surface area contributed by atoms with E-state index < -0.39 is 0 Å². The fourth-order valence-corrected chi connectivity index (χ4v) is 1.94. The van der Waals surface area contributed by atoms with Crippen molar-refractivity contribution in [2.45, 2.75) is 27.3 Å². The molecule has 0 heterocycles. The topological polar surface area (TPSA) is 21.3 Å². The minimum Gasteiger partial charge on any atom is -0.496 e. The molecule has 3 heteroatoms. The Morgan fingerprint density at radius 2 is 2.07 bits per heavy atom. The number of nitrogens with one attached hydrogen (secondary N) is 1. The van der Waals surface area contributed by atoms with E-state index in [4.69, 9.17) is 16.3 Å². The number of rotatable bonds is 4. The number of methoxy groups -OCH3 is 1. The minimum atomic E-state index is 0.799. The molecule has 0 atom stereocenters. The second-order valence-electron chi connectivity index (χ2n) is 3.59. The first-order chi connectivity index (χ1) is 7.11. The first-order valence-electron chi connectivity index (χ1n) is 5.15. The van der Waals surface area contributed by atoms with E-state index in [1.807, 2.05) is 19.9 Å². The van der Waals surface area contributed by atoms with Gasteiger partial charge in [-0.2, -0.15) is 0 Å². The molecule has 0 unspecified atom stereocenters. The lowest BCUT2D eigenvalue weighted by Gasteiger charge is -2.15. The van der Waals surface area contributed by atoms with Crippen molar-refractivity contribution >= 4 is 11.6 Å². The summed E-state index contributed by atoms with van der Waals surface area (Å²) < 4.78 is 5.41. The molecule has 0 spiro atoms. The highest BCUT2D eigenvalue weighted by Crippen LogP contribution is 2.31. The van der Waals surface area contributed by atoms with Crippen LogP contribution in [0.5, 0.6) is 5.75 Å². The summed E-state index contributed by atoms with van der Waals surface area (Å²) in [6, 6.07) is 1.95. The average Bonchev–Trinajstić information content (AvgIpc) is 2.21. The van der Waals surface area contributed by atoms with Gasteiger partial charge in [0.1, 0.15) is 5.75 Å². The molecule has 1 N–H and O–H groups in total. The van der Waals surface area contributed by atoms with Crippen molar-refractivity contribution in [2.24, 2.45) is 0 Å². The van der Waals surface area contributed by atoms with Crippen LogP contribution in [-0.4, -0.2) is 13.7 Å². The molecule has 1 aromatic carbocycles. The third-order valence-corrected chi connectivity index (χ3v) is 2.93. The quantitative estimate of drug-likeness (QED) is 0.854. The van der Waals surface area contributed by atoms with Gasteiger partial charge < -0.3 is 10.1 Å². The van der Waals surface area contributed by atoms with Gasteiger partial charge in [-0.3, -0.25) is 0 Å². The van der Waals surface area contributed by atoms with Gasteiger partial charge in [-0.05, 0) is 37.6 Å². The van der Waals surface area contributed by atoms with E-state index in [-0.39, 0.29) is 0 Å².